The van der Waals surface area contributed by atoms with Gasteiger partial charge in [0.25, 0.3) is 11.8 Å². The lowest BCUT2D eigenvalue weighted by molar-refractivity contribution is -0.120. The van der Waals surface area contributed by atoms with Gasteiger partial charge < -0.3 is 9.47 Å². The van der Waals surface area contributed by atoms with Gasteiger partial charge in [-0.1, -0.05) is 48.4 Å². The van der Waals surface area contributed by atoms with Gasteiger partial charge in [-0.25, -0.2) is 0 Å². The van der Waals surface area contributed by atoms with Crippen molar-refractivity contribution >= 4 is 46.6 Å². The molecule has 4 rings (SSSR count). The Morgan fingerprint density at radius 3 is 1.94 bits per heavy atom. The Kier molecular flexibility index (Phi) is 7.24. The van der Waals surface area contributed by atoms with Crippen molar-refractivity contribution in [2.75, 3.05) is 23.0 Å². The third kappa shape index (κ3) is 4.93. The van der Waals surface area contributed by atoms with Crippen LogP contribution in [0.1, 0.15) is 12.5 Å². The fraction of sp³-hybridized carbons (Fsp3) is 0.107. The monoisotopic (exact) mass is 482 g/mol. The van der Waals surface area contributed by atoms with Gasteiger partial charge in [0.05, 0.1) is 18.0 Å². The number of benzene rings is 3. The summed E-state index contributed by atoms with van der Waals surface area (Å²) in [6.45, 7) is 2.34. The maximum Gasteiger partial charge on any atom is 0.270 e. The van der Waals surface area contributed by atoms with E-state index >= 15 is 0 Å². The summed E-state index contributed by atoms with van der Waals surface area (Å²) in [6.07, 6.45) is 6.83. The summed E-state index contributed by atoms with van der Waals surface area (Å²) < 4.78 is 11.2. The number of hydrogen-bond acceptors (Lipinski definition) is 5. The molecule has 1 heterocycles. The van der Waals surface area contributed by atoms with E-state index < -0.39 is 11.8 Å². The van der Waals surface area contributed by atoms with Gasteiger partial charge in [-0.2, -0.15) is 0 Å². The topological polar surface area (TPSA) is 59.1 Å². The molecule has 0 radical (unpaired) electrons. The summed E-state index contributed by atoms with van der Waals surface area (Å²) in [5.41, 5.74) is 1.68. The number of anilines is 2. The number of carbonyl (C=O) groups excluding carboxylic acids is 2. The lowest BCUT2D eigenvalue weighted by atomic mass is 10.0. The molecule has 0 aliphatic carbocycles. The molecule has 1 saturated heterocycles. The SMILES string of the molecule is C#CCOc1ccc(C=C2C(=O)N(c3ccccc3)C(=S)N(c3ccccc3)C2=O)cc1OCC. The quantitative estimate of drug-likeness (QED) is 0.209. The first-order valence-electron chi connectivity index (χ1n) is 10.9. The third-order valence-corrected chi connectivity index (χ3v) is 5.53. The molecule has 35 heavy (non-hydrogen) atoms. The minimum Gasteiger partial charge on any atom is -0.490 e. The number of ether oxygens (including phenoxy) is 2. The molecule has 1 fully saturated rings. The molecule has 0 N–H and O–H groups in total. The van der Waals surface area contributed by atoms with Gasteiger partial charge in [-0.3, -0.25) is 19.4 Å². The van der Waals surface area contributed by atoms with Crippen LogP contribution in [0.2, 0.25) is 0 Å². The van der Waals surface area contributed by atoms with Crippen molar-refractivity contribution in [3.63, 3.8) is 0 Å². The van der Waals surface area contributed by atoms with Crippen LogP contribution in [-0.2, 0) is 9.59 Å². The molecular formula is C28H22N2O4S. The minimum absolute atomic E-state index is 0.0361. The summed E-state index contributed by atoms with van der Waals surface area (Å²) in [5.74, 6) is 2.34. The zero-order valence-corrected chi connectivity index (χ0v) is 19.8. The van der Waals surface area contributed by atoms with Crippen molar-refractivity contribution in [2.24, 2.45) is 0 Å². The number of hydrogen-bond donors (Lipinski definition) is 0. The second-order valence-corrected chi connectivity index (χ2v) is 7.79. The van der Waals surface area contributed by atoms with Crippen molar-refractivity contribution in [1.82, 2.24) is 0 Å². The van der Waals surface area contributed by atoms with E-state index in [0.29, 0.717) is 35.0 Å². The van der Waals surface area contributed by atoms with E-state index in [9.17, 15) is 9.59 Å². The Balaban J connectivity index is 1.81. The van der Waals surface area contributed by atoms with Crippen LogP contribution in [0.3, 0.4) is 0 Å². The highest BCUT2D eigenvalue weighted by atomic mass is 32.1. The van der Waals surface area contributed by atoms with Gasteiger partial charge >= 0.3 is 0 Å². The zero-order valence-electron chi connectivity index (χ0n) is 19.0. The molecule has 6 nitrogen and oxygen atoms in total. The number of nitrogens with zero attached hydrogens (tertiary/aromatic N) is 2. The lowest BCUT2D eigenvalue weighted by Crippen LogP contribution is -2.56. The van der Waals surface area contributed by atoms with E-state index in [4.69, 9.17) is 28.1 Å². The van der Waals surface area contributed by atoms with Gasteiger partial charge in [0.15, 0.2) is 16.6 Å². The van der Waals surface area contributed by atoms with Crippen LogP contribution in [0.25, 0.3) is 6.08 Å². The maximum absolute atomic E-state index is 13.6. The van der Waals surface area contributed by atoms with Crippen LogP contribution in [-0.4, -0.2) is 30.1 Å². The first-order valence-corrected chi connectivity index (χ1v) is 11.3. The number of rotatable bonds is 7. The molecule has 1 aliphatic rings. The second kappa shape index (κ2) is 10.7. The fourth-order valence-electron chi connectivity index (χ4n) is 3.63. The number of para-hydroxylation sites is 2. The molecule has 1 aliphatic heterocycles. The van der Waals surface area contributed by atoms with E-state index in [0.717, 1.165) is 0 Å². The highest BCUT2D eigenvalue weighted by molar-refractivity contribution is 7.81. The van der Waals surface area contributed by atoms with E-state index in [1.165, 1.54) is 15.9 Å². The Morgan fingerprint density at radius 2 is 1.43 bits per heavy atom. The molecule has 2 amide bonds. The normalized spacial score (nSPS) is 13.5. The van der Waals surface area contributed by atoms with Crippen LogP contribution < -0.4 is 19.3 Å². The summed E-state index contributed by atoms with van der Waals surface area (Å²) in [7, 11) is 0. The first-order chi connectivity index (χ1) is 17.0. The van der Waals surface area contributed by atoms with Crippen molar-refractivity contribution < 1.29 is 19.1 Å². The van der Waals surface area contributed by atoms with Gasteiger partial charge in [0.2, 0.25) is 0 Å². The average Bonchev–Trinajstić information content (AvgIpc) is 2.87. The molecule has 3 aromatic rings. The number of carbonyl (C=O) groups is 2. The van der Waals surface area contributed by atoms with Crippen LogP contribution in [0.5, 0.6) is 11.5 Å². The van der Waals surface area contributed by atoms with E-state index in [1.54, 1.807) is 66.7 Å². The predicted octanol–water partition coefficient (Wildman–Crippen LogP) is 4.85. The van der Waals surface area contributed by atoms with Crippen LogP contribution in [0, 0.1) is 12.3 Å². The van der Waals surface area contributed by atoms with Gasteiger partial charge in [-0.15, -0.1) is 6.42 Å². The van der Waals surface area contributed by atoms with Crippen LogP contribution >= 0.6 is 12.2 Å². The zero-order chi connectivity index (χ0) is 24.8. The Bertz CT molecular complexity index is 1270. The fourth-order valence-corrected chi connectivity index (χ4v) is 4.00. The van der Waals surface area contributed by atoms with Crippen LogP contribution in [0.15, 0.2) is 84.4 Å². The highest BCUT2D eigenvalue weighted by Gasteiger charge is 2.41. The number of thiocarbonyl (C=S) groups is 1. The minimum atomic E-state index is -0.510. The van der Waals surface area contributed by atoms with Crippen molar-refractivity contribution in [2.45, 2.75) is 6.92 Å². The standard InChI is InChI=1S/C28H22N2O4S/c1-3-17-34-24-16-15-20(19-25(24)33-4-2)18-23-26(31)29(21-11-7-5-8-12-21)28(35)30(27(23)32)22-13-9-6-10-14-22/h1,5-16,18-19H,4,17H2,2H3. The van der Waals surface area contributed by atoms with Crippen LogP contribution in [0.4, 0.5) is 11.4 Å². The van der Waals surface area contributed by atoms with E-state index in [-0.39, 0.29) is 17.3 Å². The lowest BCUT2D eigenvalue weighted by Gasteiger charge is -2.36. The molecule has 0 bridgehead atoms. The molecule has 0 aromatic heterocycles. The first kappa shape index (κ1) is 23.7. The van der Waals surface area contributed by atoms with Crippen molar-refractivity contribution in [3.8, 4) is 23.8 Å². The Labute approximate surface area is 209 Å². The summed E-state index contributed by atoms with van der Waals surface area (Å²) in [4.78, 5) is 29.9. The summed E-state index contributed by atoms with van der Waals surface area (Å²) >= 11 is 5.63. The van der Waals surface area contributed by atoms with Gasteiger partial charge in [-0.05, 0) is 67.2 Å². The second-order valence-electron chi connectivity index (χ2n) is 7.42. The van der Waals surface area contributed by atoms with E-state index in [1.807, 2.05) is 19.1 Å². The number of amides is 2. The summed E-state index contributed by atoms with van der Waals surface area (Å²) in [6, 6.07) is 23.1. The summed E-state index contributed by atoms with van der Waals surface area (Å²) in [5, 5.41) is 0.0857. The number of terminal acetylenes is 1. The van der Waals surface area contributed by atoms with E-state index in [2.05, 4.69) is 5.92 Å². The van der Waals surface area contributed by atoms with Gasteiger partial charge in [0.1, 0.15) is 12.2 Å². The molecule has 174 valence electrons. The third-order valence-electron chi connectivity index (χ3n) is 5.17. The largest absolute Gasteiger partial charge is 0.490 e. The smallest absolute Gasteiger partial charge is 0.270 e. The highest BCUT2D eigenvalue weighted by Crippen LogP contribution is 2.32. The molecule has 0 spiro atoms. The molecule has 7 heteroatoms. The Morgan fingerprint density at radius 1 is 0.857 bits per heavy atom. The molecule has 0 unspecified atom stereocenters. The van der Waals surface area contributed by atoms with Gasteiger partial charge in [0, 0.05) is 0 Å². The van der Waals surface area contributed by atoms with Crippen molar-refractivity contribution in [3.05, 3.63) is 90.0 Å². The molecule has 3 aromatic carbocycles. The molecule has 0 atom stereocenters. The maximum atomic E-state index is 13.6. The predicted molar refractivity (Wildman–Crippen MR) is 140 cm³/mol. The molecular weight excluding hydrogens is 460 g/mol. The van der Waals surface area contributed by atoms with Crippen molar-refractivity contribution in [1.29, 1.82) is 0 Å². The molecule has 0 saturated carbocycles. The average molecular weight is 483 g/mol. The Hall–Kier alpha value is -4.41.